The molecule has 1 rings (SSSR count). The summed E-state index contributed by atoms with van der Waals surface area (Å²) < 4.78 is 0. The van der Waals surface area contributed by atoms with Crippen molar-refractivity contribution in [3.8, 4) is 0 Å². The zero-order valence-electron chi connectivity index (χ0n) is 7.55. The quantitative estimate of drug-likeness (QED) is 0.352. The molecule has 0 saturated carbocycles. The number of thioether (sulfide) groups is 1. The molecule has 76 valence electrons. The highest BCUT2D eigenvalue weighted by Crippen LogP contribution is 2.22. The van der Waals surface area contributed by atoms with E-state index in [0.29, 0.717) is 6.42 Å². The van der Waals surface area contributed by atoms with Crippen LogP contribution in [0, 0.1) is 10.1 Å². The molecule has 0 fully saturated rings. The summed E-state index contributed by atoms with van der Waals surface area (Å²) in [5.41, 5.74) is 0.110. The maximum Gasteiger partial charge on any atom is 0.270 e. The minimum Gasteiger partial charge on any atom is -0.396 e. The molecule has 0 unspecified atom stereocenters. The van der Waals surface area contributed by atoms with E-state index >= 15 is 0 Å². The number of benzene rings is 1. The Hall–Kier alpha value is -1.07. The van der Waals surface area contributed by atoms with Crippen molar-refractivity contribution in [2.45, 2.75) is 11.3 Å². The zero-order valence-corrected chi connectivity index (χ0v) is 8.37. The van der Waals surface area contributed by atoms with E-state index in [1.165, 1.54) is 17.8 Å². The second-order valence-electron chi connectivity index (χ2n) is 2.68. The zero-order chi connectivity index (χ0) is 10.4. The Balaban J connectivity index is 2.59. The van der Waals surface area contributed by atoms with Gasteiger partial charge in [0, 0.05) is 29.4 Å². The van der Waals surface area contributed by atoms with Crippen LogP contribution in [0.1, 0.15) is 6.42 Å². The van der Waals surface area contributed by atoms with Gasteiger partial charge >= 0.3 is 0 Å². The second kappa shape index (κ2) is 5.62. The summed E-state index contributed by atoms with van der Waals surface area (Å²) in [6.07, 6.45) is 0.702. The van der Waals surface area contributed by atoms with Crippen LogP contribution < -0.4 is 0 Å². The molecule has 5 heteroatoms. The molecule has 0 heterocycles. The maximum atomic E-state index is 10.4. The first-order valence-electron chi connectivity index (χ1n) is 4.22. The van der Waals surface area contributed by atoms with Gasteiger partial charge in [-0.15, -0.1) is 11.8 Å². The van der Waals surface area contributed by atoms with E-state index in [2.05, 4.69) is 0 Å². The number of aliphatic hydroxyl groups is 1. The molecular weight excluding hydrogens is 202 g/mol. The lowest BCUT2D eigenvalue weighted by atomic mass is 10.3. The van der Waals surface area contributed by atoms with Crippen LogP contribution in [-0.2, 0) is 0 Å². The average Bonchev–Trinajstić information content (AvgIpc) is 2.19. The smallest absolute Gasteiger partial charge is 0.270 e. The maximum absolute atomic E-state index is 10.4. The minimum atomic E-state index is -0.407. The van der Waals surface area contributed by atoms with Gasteiger partial charge in [-0.1, -0.05) is 6.07 Å². The van der Waals surface area contributed by atoms with E-state index in [4.69, 9.17) is 5.11 Å². The van der Waals surface area contributed by atoms with Crippen molar-refractivity contribution in [3.63, 3.8) is 0 Å². The molecule has 1 aromatic rings. The molecule has 1 N–H and O–H groups in total. The highest BCUT2D eigenvalue weighted by Gasteiger charge is 2.05. The van der Waals surface area contributed by atoms with Crippen LogP contribution in [0.4, 0.5) is 5.69 Å². The third-order valence-electron chi connectivity index (χ3n) is 1.60. The van der Waals surface area contributed by atoms with Gasteiger partial charge in [-0.05, 0) is 12.5 Å². The van der Waals surface area contributed by atoms with Gasteiger partial charge in [-0.3, -0.25) is 10.1 Å². The summed E-state index contributed by atoms with van der Waals surface area (Å²) in [5, 5.41) is 19.0. The standard InChI is InChI=1S/C9H11NO3S/c11-5-2-6-14-9-4-1-3-8(7-9)10(12)13/h1,3-4,7,11H,2,5-6H2. The minimum absolute atomic E-state index is 0.110. The number of non-ortho nitro benzene ring substituents is 1. The Morgan fingerprint density at radius 1 is 1.50 bits per heavy atom. The predicted molar refractivity (Wildman–Crippen MR) is 55.5 cm³/mol. The topological polar surface area (TPSA) is 63.4 Å². The molecule has 14 heavy (non-hydrogen) atoms. The predicted octanol–water partition coefficient (Wildman–Crippen LogP) is 2.07. The summed E-state index contributed by atoms with van der Waals surface area (Å²) in [4.78, 5) is 10.9. The number of hydrogen-bond acceptors (Lipinski definition) is 4. The lowest BCUT2D eigenvalue weighted by Crippen LogP contribution is -1.88. The van der Waals surface area contributed by atoms with Crippen molar-refractivity contribution < 1.29 is 10.0 Å². The Morgan fingerprint density at radius 2 is 2.29 bits per heavy atom. The molecule has 1 aromatic carbocycles. The van der Waals surface area contributed by atoms with Crippen molar-refractivity contribution in [2.75, 3.05) is 12.4 Å². The monoisotopic (exact) mass is 213 g/mol. The molecule has 0 aliphatic carbocycles. The first-order chi connectivity index (χ1) is 6.74. The number of nitro benzene ring substituents is 1. The number of rotatable bonds is 5. The van der Waals surface area contributed by atoms with E-state index in [9.17, 15) is 10.1 Å². The molecule has 0 spiro atoms. The molecule has 0 aliphatic rings. The SMILES string of the molecule is O=[N+]([O-])c1cccc(SCCCO)c1. The van der Waals surface area contributed by atoms with E-state index in [1.807, 2.05) is 6.07 Å². The fourth-order valence-corrected chi connectivity index (χ4v) is 1.83. The van der Waals surface area contributed by atoms with Gasteiger partial charge in [0.1, 0.15) is 0 Å². The summed E-state index contributed by atoms with van der Waals surface area (Å²) in [6.45, 7) is 0.155. The largest absolute Gasteiger partial charge is 0.396 e. The Kier molecular flexibility index (Phi) is 4.42. The van der Waals surface area contributed by atoms with Crippen molar-refractivity contribution in [3.05, 3.63) is 34.4 Å². The first-order valence-corrected chi connectivity index (χ1v) is 5.20. The number of nitrogens with zero attached hydrogens (tertiary/aromatic N) is 1. The van der Waals surface area contributed by atoms with Crippen LogP contribution in [0.5, 0.6) is 0 Å². The van der Waals surface area contributed by atoms with Crippen molar-refractivity contribution in [2.24, 2.45) is 0 Å². The molecule has 0 saturated heterocycles. The molecule has 0 bridgehead atoms. The Labute approximate surface area is 86.1 Å². The van der Waals surface area contributed by atoms with E-state index in [-0.39, 0.29) is 12.3 Å². The summed E-state index contributed by atoms with van der Waals surface area (Å²) >= 11 is 1.51. The second-order valence-corrected chi connectivity index (χ2v) is 3.85. The molecule has 0 amide bonds. The van der Waals surface area contributed by atoms with Gasteiger partial charge in [-0.25, -0.2) is 0 Å². The van der Waals surface area contributed by atoms with Gasteiger partial charge in [0.25, 0.3) is 5.69 Å². The normalized spacial score (nSPS) is 10.1. The van der Waals surface area contributed by atoms with E-state index in [0.717, 1.165) is 10.6 Å². The van der Waals surface area contributed by atoms with Crippen LogP contribution in [0.25, 0.3) is 0 Å². The van der Waals surface area contributed by atoms with Crippen molar-refractivity contribution in [1.29, 1.82) is 0 Å². The van der Waals surface area contributed by atoms with Crippen LogP contribution >= 0.6 is 11.8 Å². The Morgan fingerprint density at radius 3 is 2.93 bits per heavy atom. The van der Waals surface area contributed by atoms with Crippen LogP contribution in [0.15, 0.2) is 29.2 Å². The number of nitro groups is 1. The molecule has 0 aromatic heterocycles. The van der Waals surface area contributed by atoms with Crippen LogP contribution in [-0.4, -0.2) is 22.4 Å². The first kappa shape index (κ1) is 11.0. The van der Waals surface area contributed by atoms with Crippen LogP contribution in [0.2, 0.25) is 0 Å². The van der Waals surface area contributed by atoms with Gasteiger partial charge in [-0.2, -0.15) is 0 Å². The molecular formula is C9H11NO3S. The summed E-state index contributed by atoms with van der Waals surface area (Å²) in [5.74, 6) is 0.775. The number of hydrogen-bond donors (Lipinski definition) is 1. The van der Waals surface area contributed by atoms with Gasteiger partial charge in [0.15, 0.2) is 0 Å². The summed E-state index contributed by atoms with van der Waals surface area (Å²) in [7, 11) is 0. The fourth-order valence-electron chi connectivity index (χ4n) is 0.941. The van der Waals surface area contributed by atoms with Gasteiger partial charge < -0.3 is 5.11 Å². The fraction of sp³-hybridized carbons (Fsp3) is 0.333. The Bertz CT molecular complexity index is 317. The molecule has 0 radical (unpaired) electrons. The molecule has 0 atom stereocenters. The van der Waals surface area contributed by atoms with Crippen molar-refractivity contribution >= 4 is 17.4 Å². The third kappa shape index (κ3) is 3.35. The highest BCUT2D eigenvalue weighted by molar-refractivity contribution is 7.99. The molecule has 0 aliphatic heterocycles. The van der Waals surface area contributed by atoms with Crippen LogP contribution in [0.3, 0.4) is 0 Å². The van der Waals surface area contributed by atoms with Gasteiger partial charge in [0.2, 0.25) is 0 Å². The average molecular weight is 213 g/mol. The molecule has 4 nitrogen and oxygen atoms in total. The van der Waals surface area contributed by atoms with Gasteiger partial charge in [0.05, 0.1) is 4.92 Å². The van der Waals surface area contributed by atoms with E-state index < -0.39 is 4.92 Å². The number of aliphatic hydroxyl groups excluding tert-OH is 1. The lowest BCUT2D eigenvalue weighted by molar-refractivity contribution is -0.385. The summed E-state index contributed by atoms with van der Waals surface area (Å²) in [6, 6.07) is 6.51. The highest BCUT2D eigenvalue weighted by atomic mass is 32.2. The third-order valence-corrected chi connectivity index (χ3v) is 2.68. The van der Waals surface area contributed by atoms with Crippen molar-refractivity contribution in [1.82, 2.24) is 0 Å². The van der Waals surface area contributed by atoms with E-state index in [1.54, 1.807) is 12.1 Å². The lowest BCUT2D eigenvalue weighted by Gasteiger charge is -1.99.